The number of ether oxygens (including phenoxy) is 2. The average molecular weight is 243 g/mol. The number of benzene rings is 1. The second-order valence-electron chi connectivity index (χ2n) is 3.22. The fourth-order valence-corrected chi connectivity index (χ4v) is 2.04. The molecule has 0 saturated heterocycles. The highest BCUT2D eigenvalue weighted by molar-refractivity contribution is 7.99. The molecule has 1 aromatic carbocycles. The molecule has 16 heavy (non-hydrogen) atoms. The molecule has 0 fully saturated rings. The first-order chi connectivity index (χ1) is 7.71. The third-order valence-electron chi connectivity index (χ3n) is 2.07. The van der Waals surface area contributed by atoms with Crippen LogP contribution in [-0.2, 0) is 0 Å². The lowest BCUT2D eigenvalue weighted by Gasteiger charge is -2.10. The van der Waals surface area contributed by atoms with E-state index in [1.165, 1.54) is 11.8 Å². The fourth-order valence-electron chi connectivity index (χ4n) is 1.17. The SMILES string of the molecule is COc1ccc(SCC(O)CN)cc1OC. The summed E-state index contributed by atoms with van der Waals surface area (Å²) in [5, 5.41) is 9.34. The maximum absolute atomic E-state index is 9.34. The van der Waals surface area contributed by atoms with Gasteiger partial charge in [0.1, 0.15) is 0 Å². The predicted octanol–water partition coefficient (Wildman–Crippen LogP) is 1.12. The van der Waals surface area contributed by atoms with Crippen LogP contribution in [0.15, 0.2) is 23.1 Å². The van der Waals surface area contributed by atoms with Gasteiger partial charge in [-0.3, -0.25) is 0 Å². The van der Waals surface area contributed by atoms with E-state index in [0.717, 1.165) is 4.90 Å². The highest BCUT2D eigenvalue weighted by Crippen LogP contribution is 2.31. The van der Waals surface area contributed by atoms with Crippen LogP contribution in [0, 0.1) is 0 Å². The zero-order valence-corrected chi connectivity index (χ0v) is 10.3. The van der Waals surface area contributed by atoms with Gasteiger partial charge in [0.15, 0.2) is 11.5 Å². The lowest BCUT2D eigenvalue weighted by atomic mass is 10.3. The van der Waals surface area contributed by atoms with Crippen molar-refractivity contribution < 1.29 is 14.6 Å². The van der Waals surface area contributed by atoms with Crippen molar-refractivity contribution in [3.05, 3.63) is 18.2 Å². The highest BCUT2D eigenvalue weighted by Gasteiger charge is 2.06. The molecule has 0 aliphatic carbocycles. The molecule has 0 amide bonds. The number of aliphatic hydroxyl groups is 1. The second-order valence-corrected chi connectivity index (χ2v) is 4.31. The number of aliphatic hydroxyl groups excluding tert-OH is 1. The summed E-state index contributed by atoms with van der Waals surface area (Å²) in [4.78, 5) is 1.02. The van der Waals surface area contributed by atoms with Gasteiger partial charge < -0.3 is 20.3 Å². The highest BCUT2D eigenvalue weighted by atomic mass is 32.2. The van der Waals surface area contributed by atoms with Gasteiger partial charge in [-0.05, 0) is 18.2 Å². The number of methoxy groups -OCH3 is 2. The van der Waals surface area contributed by atoms with Gasteiger partial charge >= 0.3 is 0 Å². The number of thioether (sulfide) groups is 1. The van der Waals surface area contributed by atoms with Crippen molar-refractivity contribution in [3.8, 4) is 11.5 Å². The Morgan fingerprint density at radius 3 is 2.56 bits per heavy atom. The normalized spacial score (nSPS) is 12.2. The van der Waals surface area contributed by atoms with E-state index in [4.69, 9.17) is 15.2 Å². The van der Waals surface area contributed by atoms with Crippen LogP contribution in [0.25, 0.3) is 0 Å². The lowest BCUT2D eigenvalue weighted by molar-refractivity contribution is 0.208. The maximum Gasteiger partial charge on any atom is 0.161 e. The Morgan fingerprint density at radius 2 is 2.00 bits per heavy atom. The summed E-state index contributed by atoms with van der Waals surface area (Å²) in [6.07, 6.45) is -0.474. The Morgan fingerprint density at radius 1 is 1.31 bits per heavy atom. The van der Waals surface area contributed by atoms with E-state index in [1.54, 1.807) is 14.2 Å². The molecule has 1 unspecified atom stereocenters. The van der Waals surface area contributed by atoms with Crippen molar-refractivity contribution >= 4 is 11.8 Å². The minimum atomic E-state index is -0.474. The van der Waals surface area contributed by atoms with E-state index >= 15 is 0 Å². The Labute approximate surface area is 99.7 Å². The summed E-state index contributed by atoms with van der Waals surface area (Å²) in [6, 6.07) is 5.65. The summed E-state index contributed by atoms with van der Waals surface area (Å²) in [6.45, 7) is 0.278. The van der Waals surface area contributed by atoms with Gasteiger partial charge in [-0.1, -0.05) is 0 Å². The molecule has 0 aromatic heterocycles. The van der Waals surface area contributed by atoms with Crippen molar-refractivity contribution in [3.63, 3.8) is 0 Å². The molecule has 0 bridgehead atoms. The number of nitrogens with two attached hydrogens (primary N) is 1. The molecule has 0 saturated carbocycles. The van der Waals surface area contributed by atoms with E-state index in [1.807, 2.05) is 18.2 Å². The minimum Gasteiger partial charge on any atom is -0.493 e. The summed E-state index contributed by atoms with van der Waals surface area (Å²) >= 11 is 1.54. The summed E-state index contributed by atoms with van der Waals surface area (Å²) in [5.74, 6) is 1.97. The topological polar surface area (TPSA) is 64.7 Å². The third kappa shape index (κ3) is 3.59. The van der Waals surface area contributed by atoms with Crippen LogP contribution in [0.1, 0.15) is 0 Å². The largest absolute Gasteiger partial charge is 0.493 e. The van der Waals surface area contributed by atoms with Gasteiger partial charge in [-0.25, -0.2) is 0 Å². The van der Waals surface area contributed by atoms with Crippen LogP contribution < -0.4 is 15.2 Å². The molecular formula is C11H17NO3S. The lowest BCUT2D eigenvalue weighted by Crippen LogP contribution is -2.21. The number of rotatable bonds is 6. The quantitative estimate of drug-likeness (QED) is 0.733. The molecule has 1 atom stereocenters. The summed E-state index contributed by atoms with van der Waals surface area (Å²) in [5.41, 5.74) is 5.33. The smallest absolute Gasteiger partial charge is 0.161 e. The summed E-state index contributed by atoms with van der Waals surface area (Å²) in [7, 11) is 3.20. The molecular weight excluding hydrogens is 226 g/mol. The monoisotopic (exact) mass is 243 g/mol. The Bertz CT molecular complexity index is 333. The molecule has 1 aromatic rings. The van der Waals surface area contributed by atoms with Crippen molar-refractivity contribution in [2.24, 2.45) is 5.73 Å². The first-order valence-corrected chi connectivity index (χ1v) is 5.92. The van der Waals surface area contributed by atoms with Crippen molar-refractivity contribution in [1.82, 2.24) is 0 Å². The van der Waals surface area contributed by atoms with E-state index in [-0.39, 0.29) is 6.54 Å². The zero-order valence-electron chi connectivity index (χ0n) is 9.47. The molecule has 0 aliphatic rings. The van der Waals surface area contributed by atoms with Crippen LogP contribution >= 0.6 is 11.8 Å². The number of hydrogen-bond acceptors (Lipinski definition) is 5. The fraction of sp³-hybridized carbons (Fsp3) is 0.455. The first-order valence-electron chi connectivity index (χ1n) is 4.94. The van der Waals surface area contributed by atoms with Crippen LogP contribution in [-0.4, -0.2) is 37.7 Å². The maximum atomic E-state index is 9.34. The zero-order chi connectivity index (χ0) is 12.0. The van der Waals surface area contributed by atoms with Gasteiger partial charge in [0.05, 0.1) is 20.3 Å². The van der Waals surface area contributed by atoms with Crippen LogP contribution in [0.5, 0.6) is 11.5 Å². The number of hydrogen-bond donors (Lipinski definition) is 2. The second kappa shape index (κ2) is 6.62. The molecule has 5 heteroatoms. The van der Waals surface area contributed by atoms with E-state index in [2.05, 4.69) is 0 Å². The minimum absolute atomic E-state index is 0.278. The van der Waals surface area contributed by atoms with Crippen LogP contribution in [0.2, 0.25) is 0 Å². The predicted molar refractivity (Wildman–Crippen MR) is 65.3 cm³/mol. The Hall–Kier alpha value is -0.910. The molecule has 1 rings (SSSR count). The third-order valence-corrected chi connectivity index (χ3v) is 3.21. The van der Waals surface area contributed by atoms with Gasteiger partial charge in [0.2, 0.25) is 0 Å². The Kier molecular flexibility index (Phi) is 5.45. The van der Waals surface area contributed by atoms with Crippen LogP contribution in [0.4, 0.5) is 0 Å². The van der Waals surface area contributed by atoms with E-state index in [0.29, 0.717) is 17.3 Å². The van der Waals surface area contributed by atoms with Crippen molar-refractivity contribution in [2.45, 2.75) is 11.0 Å². The van der Waals surface area contributed by atoms with Gasteiger partial charge in [0.25, 0.3) is 0 Å². The first kappa shape index (κ1) is 13.2. The van der Waals surface area contributed by atoms with Gasteiger partial charge in [-0.15, -0.1) is 11.8 Å². The summed E-state index contributed by atoms with van der Waals surface area (Å²) < 4.78 is 10.3. The Balaban J connectivity index is 2.67. The molecule has 90 valence electrons. The van der Waals surface area contributed by atoms with Crippen LogP contribution in [0.3, 0.4) is 0 Å². The molecule has 0 heterocycles. The standard InChI is InChI=1S/C11H17NO3S/c1-14-10-4-3-9(5-11(10)15-2)16-7-8(13)6-12/h3-5,8,13H,6-7,12H2,1-2H3. The van der Waals surface area contributed by atoms with Gasteiger partial charge in [-0.2, -0.15) is 0 Å². The van der Waals surface area contributed by atoms with E-state index < -0.39 is 6.10 Å². The average Bonchev–Trinajstić information content (AvgIpc) is 2.35. The van der Waals surface area contributed by atoms with Gasteiger partial charge in [0, 0.05) is 17.2 Å². The molecule has 3 N–H and O–H groups in total. The van der Waals surface area contributed by atoms with Crippen molar-refractivity contribution in [1.29, 1.82) is 0 Å². The molecule has 4 nitrogen and oxygen atoms in total. The van der Waals surface area contributed by atoms with Crippen molar-refractivity contribution in [2.75, 3.05) is 26.5 Å². The molecule has 0 spiro atoms. The molecule has 0 aliphatic heterocycles. The van der Waals surface area contributed by atoms with E-state index in [9.17, 15) is 5.11 Å². The molecule has 0 radical (unpaired) electrons.